The summed E-state index contributed by atoms with van der Waals surface area (Å²) >= 11 is 0. The molecule has 0 bridgehead atoms. The van der Waals surface area contributed by atoms with Crippen LogP contribution >= 0.6 is 0 Å². The van der Waals surface area contributed by atoms with Gasteiger partial charge in [-0.2, -0.15) is 0 Å². The highest BCUT2D eigenvalue weighted by molar-refractivity contribution is 5.57. The molecule has 2 rings (SSSR count). The quantitative estimate of drug-likeness (QED) is 0.817. The first kappa shape index (κ1) is 9.80. The fraction of sp³-hybridized carbons (Fsp3) is 0.167. The van der Waals surface area contributed by atoms with E-state index < -0.39 is 0 Å². The van der Waals surface area contributed by atoms with Crippen molar-refractivity contribution in [2.75, 3.05) is 6.54 Å². The van der Waals surface area contributed by atoms with Crippen LogP contribution in [0.15, 0.2) is 42.7 Å². The van der Waals surface area contributed by atoms with Gasteiger partial charge in [0.15, 0.2) is 0 Å². The molecule has 15 heavy (non-hydrogen) atoms. The number of hydrogen-bond acceptors (Lipinski definition) is 3. The monoisotopic (exact) mass is 199 g/mol. The highest BCUT2D eigenvalue weighted by atomic mass is 14.8. The Hall–Kier alpha value is -1.74. The Balaban J connectivity index is 2.24. The minimum atomic E-state index is 0.610. The molecule has 0 saturated carbocycles. The average Bonchev–Trinajstić information content (AvgIpc) is 2.32. The molecule has 1 heterocycles. The van der Waals surface area contributed by atoms with Crippen LogP contribution in [0.2, 0.25) is 0 Å². The van der Waals surface area contributed by atoms with E-state index >= 15 is 0 Å². The van der Waals surface area contributed by atoms with E-state index in [9.17, 15) is 0 Å². The summed E-state index contributed by atoms with van der Waals surface area (Å²) < 4.78 is 0. The molecule has 0 radical (unpaired) electrons. The van der Waals surface area contributed by atoms with E-state index in [4.69, 9.17) is 5.73 Å². The van der Waals surface area contributed by atoms with Crippen molar-refractivity contribution < 1.29 is 0 Å². The van der Waals surface area contributed by atoms with E-state index in [0.29, 0.717) is 6.54 Å². The second-order valence-electron chi connectivity index (χ2n) is 3.30. The fourth-order valence-corrected chi connectivity index (χ4v) is 1.39. The highest BCUT2D eigenvalue weighted by Crippen LogP contribution is 2.14. The minimum absolute atomic E-state index is 0.610. The van der Waals surface area contributed by atoms with Crippen LogP contribution in [-0.4, -0.2) is 16.5 Å². The number of benzene rings is 1. The van der Waals surface area contributed by atoms with Gasteiger partial charge in [-0.05, 0) is 6.54 Å². The molecule has 1 aromatic heterocycles. The molecule has 0 aliphatic carbocycles. The zero-order chi connectivity index (χ0) is 10.5. The molecule has 0 saturated heterocycles. The van der Waals surface area contributed by atoms with Crippen molar-refractivity contribution >= 4 is 0 Å². The van der Waals surface area contributed by atoms with Gasteiger partial charge >= 0.3 is 0 Å². The third-order valence-corrected chi connectivity index (χ3v) is 2.18. The number of nitrogens with zero attached hydrogens (tertiary/aromatic N) is 2. The first-order valence-corrected chi connectivity index (χ1v) is 4.96. The smallest absolute Gasteiger partial charge is 0.0885 e. The van der Waals surface area contributed by atoms with Crippen LogP contribution in [0.1, 0.15) is 5.69 Å². The van der Waals surface area contributed by atoms with Crippen molar-refractivity contribution in [2.24, 2.45) is 5.73 Å². The van der Waals surface area contributed by atoms with Crippen LogP contribution in [-0.2, 0) is 6.42 Å². The lowest BCUT2D eigenvalue weighted by Gasteiger charge is -2.01. The molecule has 0 unspecified atom stereocenters. The third-order valence-electron chi connectivity index (χ3n) is 2.18. The second kappa shape index (κ2) is 4.66. The van der Waals surface area contributed by atoms with Gasteiger partial charge in [-0.1, -0.05) is 30.3 Å². The molecular weight excluding hydrogens is 186 g/mol. The maximum Gasteiger partial charge on any atom is 0.0885 e. The molecule has 76 valence electrons. The Labute approximate surface area is 89.0 Å². The molecule has 3 heteroatoms. The van der Waals surface area contributed by atoms with Crippen molar-refractivity contribution in [3.63, 3.8) is 0 Å². The molecule has 0 atom stereocenters. The molecule has 2 aromatic rings. The first-order chi connectivity index (χ1) is 7.40. The van der Waals surface area contributed by atoms with Crippen LogP contribution in [0.4, 0.5) is 0 Å². The van der Waals surface area contributed by atoms with Gasteiger partial charge in [0.2, 0.25) is 0 Å². The Bertz CT molecular complexity index is 409. The summed E-state index contributed by atoms with van der Waals surface area (Å²) in [5, 5.41) is 0. The summed E-state index contributed by atoms with van der Waals surface area (Å²) in [7, 11) is 0. The third kappa shape index (κ3) is 2.39. The largest absolute Gasteiger partial charge is 0.330 e. The summed E-state index contributed by atoms with van der Waals surface area (Å²) in [5.41, 5.74) is 8.37. The van der Waals surface area contributed by atoms with E-state index in [1.807, 2.05) is 30.3 Å². The Morgan fingerprint density at radius 3 is 2.40 bits per heavy atom. The zero-order valence-electron chi connectivity index (χ0n) is 8.43. The van der Waals surface area contributed by atoms with Gasteiger partial charge in [0.1, 0.15) is 0 Å². The first-order valence-electron chi connectivity index (χ1n) is 4.96. The topological polar surface area (TPSA) is 51.8 Å². The van der Waals surface area contributed by atoms with Crippen molar-refractivity contribution in [2.45, 2.75) is 6.42 Å². The summed E-state index contributed by atoms with van der Waals surface area (Å²) in [5.74, 6) is 0. The van der Waals surface area contributed by atoms with E-state index in [1.165, 1.54) is 0 Å². The van der Waals surface area contributed by atoms with Crippen LogP contribution in [0, 0.1) is 0 Å². The van der Waals surface area contributed by atoms with E-state index in [1.54, 1.807) is 12.4 Å². The molecule has 1 aromatic carbocycles. The summed E-state index contributed by atoms with van der Waals surface area (Å²) in [6.07, 6.45) is 4.36. The average molecular weight is 199 g/mol. The zero-order valence-corrected chi connectivity index (χ0v) is 8.43. The Kier molecular flexibility index (Phi) is 3.05. The molecule has 3 nitrogen and oxygen atoms in total. The van der Waals surface area contributed by atoms with Gasteiger partial charge in [-0.3, -0.25) is 9.97 Å². The maximum atomic E-state index is 5.44. The summed E-state index contributed by atoms with van der Waals surface area (Å²) in [6, 6.07) is 10.0. The van der Waals surface area contributed by atoms with Gasteiger partial charge in [-0.15, -0.1) is 0 Å². The molecule has 0 spiro atoms. The lowest BCUT2D eigenvalue weighted by Crippen LogP contribution is -2.04. The number of aromatic nitrogens is 2. The second-order valence-corrected chi connectivity index (χ2v) is 3.30. The molecule has 0 amide bonds. The normalized spacial score (nSPS) is 10.2. The lowest BCUT2D eigenvalue weighted by molar-refractivity contribution is 0.909. The van der Waals surface area contributed by atoms with Gasteiger partial charge in [0.25, 0.3) is 0 Å². The minimum Gasteiger partial charge on any atom is -0.330 e. The highest BCUT2D eigenvalue weighted by Gasteiger charge is 1.99. The van der Waals surface area contributed by atoms with E-state index in [-0.39, 0.29) is 0 Å². The lowest BCUT2D eigenvalue weighted by atomic mass is 10.1. The van der Waals surface area contributed by atoms with Crippen molar-refractivity contribution in [3.05, 3.63) is 48.4 Å². The number of nitrogens with two attached hydrogens (primary N) is 1. The molecule has 0 aliphatic heterocycles. The van der Waals surface area contributed by atoms with Crippen molar-refractivity contribution in [3.8, 4) is 11.3 Å². The van der Waals surface area contributed by atoms with Gasteiger partial charge in [-0.25, -0.2) is 0 Å². The van der Waals surface area contributed by atoms with Crippen LogP contribution in [0.3, 0.4) is 0 Å². The van der Waals surface area contributed by atoms with E-state index in [2.05, 4.69) is 9.97 Å². The summed E-state index contributed by atoms with van der Waals surface area (Å²) in [4.78, 5) is 8.65. The Morgan fingerprint density at radius 1 is 1.00 bits per heavy atom. The molecule has 2 N–H and O–H groups in total. The number of rotatable bonds is 3. The van der Waals surface area contributed by atoms with Crippen LogP contribution in [0.25, 0.3) is 11.3 Å². The summed E-state index contributed by atoms with van der Waals surface area (Å²) in [6.45, 7) is 0.610. The molecule has 0 fully saturated rings. The van der Waals surface area contributed by atoms with Gasteiger partial charge in [0.05, 0.1) is 17.6 Å². The SMILES string of the molecule is NCCc1cnc(-c2ccccc2)cn1. The fourth-order valence-electron chi connectivity index (χ4n) is 1.39. The molecule has 0 aliphatic rings. The van der Waals surface area contributed by atoms with E-state index in [0.717, 1.165) is 23.4 Å². The van der Waals surface area contributed by atoms with Crippen molar-refractivity contribution in [1.82, 2.24) is 9.97 Å². The van der Waals surface area contributed by atoms with Crippen LogP contribution < -0.4 is 5.73 Å². The van der Waals surface area contributed by atoms with Crippen molar-refractivity contribution in [1.29, 1.82) is 0 Å². The van der Waals surface area contributed by atoms with Crippen LogP contribution in [0.5, 0.6) is 0 Å². The maximum absolute atomic E-state index is 5.44. The Morgan fingerprint density at radius 2 is 1.80 bits per heavy atom. The number of hydrogen-bond donors (Lipinski definition) is 1. The predicted molar refractivity (Wildman–Crippen MR) is 60.2 cm³/mol. The molecular formula is C12H13N3. The van der Waals surface area contributed by atoms with Gasteiger partial charge < -0.3 is 5.73 Å². The standard InChI is InChI=1S/C12H13N3/c13-7-6-11-8-15-12(9-14-11)10-4-2-1-3-5-10/h1-5,8-9H,6-7,13H2. The van der Waals surface area contributed by atoms with Gasteiger partial charge in [0, 0.05) is 18.2 Å². The predicted octanol–water partition coefficient (Wildman–Crippen LogP) is 1.64.